The Bertz CT molecular complexity index is 563. The molecule has 100 valence electrons. The SMILES string of the molecule is COc1ccc(C(O)c2ccnnc2)c(OC)c1Br. The van der Waals surface area contributed by atoms with E-state index in [1.54, 1.807) is 32.4 Å². The molecule has 5 nitrogen and oxygen atoms in total. The smallest absolute Gasteiger partial charge is 0.142 e. The normalized spacial score (nSPS) is 12.0. The first-order valence-electron chi connectivity index (χ1n) is 5.54. The molecule has 0 fully saturated rings. The summed E-state index contributed by atoms with van der Waals surface area (Å²) in [5, 5.41) is 17.8. The van der Waals surface area contributed by atoms with Gasteiger partial charge in [-0.05, 0) is 34.1 Å². The van der Waals surface area contributed by atoms with E-state index in [0.717, 1.165) is 0 Å². The Morgan fingerprint density at radius 1 is 1.16 bits per heavy atom. The maximum Gasteiger partial charge on any atom is 0.142 e. The van der Waals surface area contributed by atoms with Gasteiger partial charge >= 0.3 is 0 Å². The van der Waals surface area contributed by atoms with Crippen LogP contribution in [0.4, 0.5) is 0 Å². The highest BCUT2D eigenvalue weighted by atomic mass is 79.9. The Hall–Kier alpha value is -1.66. The third-order valence-corrected chi connectivity index (χ3v) is 3.48. The number of rotatable bonds is 4. The Kier molecular flexibility index (Phi) is 4.34. The zero-order valence-corrected chi connectivity index (χ0v) is 12.1. The van der Waals surface area contributed by atoms with Crippen molar-refractivity contribution in [3.63, 3.8) is 0 Å². The standard InChI is InChI=1S/C13H13BrN2O3/c1-18-10-4-3-9(13(19-2)11(10)14)12(17)8-5-6-15-16-7-8/h3-7,12,17H,1-2H3. The van der Waals surface area contributed by atoms with E-state index in [4.69, 9.17) is 9.47 Å². The molecule has 1 heterocycles. The first-order valence-corrected chi connectivity index (χ1v) is 6.33. The number of aromatic nitrogens is 2. The number of aliphatic hydroxyl groups is 1. The average Bonchev–Trinajstić information content (AvgIpc) is 2.47. The number of nitrogens with zero attached hydrogens (tertiary/aromatic N) is 2. The van der Waals surface area contributed by atoms with Crippen molar-refractivity contribution in [2.45, 2.75) is 6.10 Å². The zero-order valence-electron chi connectivity index (χ0n) is 10.5. The maximum atomic E-state index is 10.4. The van der Waals surface area contributed by atoms with Crippen LogP contribution in [0.25, 0.3) is 0 Å². The Balaban J connectivity index is 2.48. The summed E-state index contributed by atoms with van der Waals surface area (Å²) in [5.74, 6) is 1.17. The van der Waals surface area contributed by atoms with Crippen LogP contribution in [0.2, 0.25) is 0 Å². The van der Waals surface area contributed by atoms with E-state index >= 15 is 0 Å². The van der Waals surface area contributed by atoms with Gasteiger partial charge in [-0.15, -0.1) is 0 Å². The van der Waals surface area contributed by atoms with Gasteiger partial charge < -0.3 is 14.6 Å². The van der Waals surface area contributed by atoms with Crippen LogP contribution in [0.3, 0.4) is 0 Å². The molecule has 0 aliphatic carbocycles. The van der Waals surface area contributed by atoms with Crippen LogP contribution in [-0.4, -0.2) is 29.5 Å². The molecule has 0 bridgehead atoms. The fourth-order valence-corrected chi connectivity index (χ4v) is 2.46. The van der Waals surface area contributed by atoms with Crippen molar-refractivity contribution >= 4 is 15.9 Å². The maximum absolute atomic E-state index is 10.4. The third-order valence-electron chi connectivity index (χ3n) is 2.73. The van der Waals surface area contributed by atoms with Crippen LogP contribution in [0, 0.1) is 0 Å². The molecule has 1 aromatic heterocycles. The molecule has 0 aliphatic heterocycles. The van der Waals surface area contributed by atoms with Crippen molar-refractivity contribution in [1.82, 2.24) is 10.2 Å². The average molecular weight is 325 g/mol. The van der Waals surface area contributed by atoms with Crippen molar-refractivity contribution in [3.8, 4) is 11.5 Å². The van der Waals surface area contributed by atoms with E-state index in [1.165, 1.54) is 12.4 Å². The molecule has 1 aromatic carbocycles. The predicted molar refractivity (Wildman–Crippen MR) is 73.3 cm³/mol. The molecule has 0 saturated carbocycles. The molecule has 19 heavy (non-hydrogen) atoms. The van der Waals surface area contributed by atoms with E-state index in [9.17, 15) is 5.11 Å². The van der Waals surface area contributed by atoms with Gasteiger partial charge in [0.2, 0.25) is 0 Å². The topological polar surface area (TPSA) is 64.5 Å². The Morgan fingerprint density at radius 2 is 1.95 bits per heavy atom. The lowest BCUT2D eigenvalue weighted by Crippen LogP contribution is -2.04. The van der Waals surface area contributed by atoms with Gasteiger partial charge in [0.05, 0.1) is 20.4 Å². The van der Waals surface area contributed by atoms with Crippen LogP contribution in [-0.2, 0) is 0 Å². The molecule has 1 N–H and O–H groups in total. The monoisotopic (exact) mass is 324 g/mol. The molecule has 0 saturated heterocycles. The number of methoxy groups -OCH3 is 2. The highest BCUT2D eigenvalue weighted by Gasteiger charge is 2.20. The van der Waals surface area contributed by atoms with Crippen LogP contribution in [0.5, 0.6) is 11.5 Å². The molecule has 1 atom stereocenters. The molecule has 0 aliphatic rings. The van der Waals surface area contributed by atoms with Crippen molar-refractivity contribution in [2.75, 3.05) is 14.2 Å². The van der Waals surface area contributed by atoms with E-state index < -0.39 is 6.10 Å². The quantitative estimate of drug-likeness (QED) is 0.935. The lowest BCUT2D eigenvalue weighted by Gasteiger charge is -2.17. The van der Waals surface area contributed by atoms with Crippen molar-refractivity contribution in [3.05, 3.63) is 46.2 Å². The molecular weight excluding hydrogens is 312 g/mol. The second-order valence-electron chi connectivity index (χ2n) is 3.78. The first kappa shape index (κ1) is 13.8. The van der Waals surface area contributed by atoms with Gasteiger partial charge in [0.25, 0.3) is 0 Å². The Labute approximate surface area is 119 Å². The second kappa shape index (κ2) is 5.99. The minimum absolute atomic E-state index is 0.531. The fourth-order valence-electron chi connectivity index (χ4n) is 1.78. The summed E-state index contributed by atoms with van der Waals surface area (Å²) in [6, 6.07) is 5.22. The number of halogens is 1. The summed E-state index contributed by atoms with van der Waals surface area (Å²) in [4.78, 5) is 0. The van der Waals surface area contributed by atoms with Crippen molar-refractivity contribution in [1.29, 1.82) is 0 Å². The van der Waals surface area contributed by atoms with Crippen molar-refractivity contribution < 1.29 is 14.6 Å². The fraction of sp³-hybridized carbons (Fsp3) is 0.231. The summed E-state index contributed by atoms with van der Waals surface area (Å²) in [6.45, 7) is 0. The minimum Gasteiger partial charge on any atom is -0.495 e. The number of hydrogen-bond donors (Lipinski definition) is 1. The minimum atomic E-state index is -0.840. The molecule has 2 aromatic rings. The molecular formula is C13H13BrN2O3. The highest BCUT2D eigenvalue weighted by molar-refractivity contribution is 9.10. The summed E-state index contributed by atoms with van der Waals surface area (Å²) < 4.78 is 11.2. The van der Waals surface area contributed by atoms with Crippen LogP contribution < -0.4 is 9.47 Å². The lowest BCUT2D eigenvalue weighted by molar-refractivity contribution is 0.213. The highest BCUT2D eigenvalue weighted by Crippen LogP contribution is 2.40. The lowest BCUT2D eigenvalue weighted by atomic mass is 10.0. The summed E-state index contributed by atoms with van der Waals surface area (Å²) in [7, 11) is 3.11. The molecule has 0 radical (unpaired) electrons. The van der Waals surface area contributed by atoms with E-state index in [1.807, 2.05) is 0 Å². The molecule has 1 unspecified atom stereocenters. The van der Waals surface area contributed by atoms with E-state index in [-0.39, 0.29) is 0 Å². The van der Waals surface area contributed by atoms with Gasteiger partial charge in [0, 0.05) is 17.3 Å². The third kappa shape index (κ3) is 2.69. The number of hydrogen-bond acceptors (Lipinski definition) is 5. The number of benzene rings is 1. The summed E-state index contributed by atoms with van der Waals surface area (Å²) >= 11 is 3.40. The molecule has 2 rings (SSSR count). The van der Waals surface area contributed by atoms with Gasteiger partial charge in [0.1, 0.15) is 22.1 Å². The number of ether oxygens (including phenoxy) is 2. The predicted octanol–water partition coefficient (Wildman–Crippen LogP) is 2.34. The number of aliphatic hydroxyl groups excluding tert-OH is 1. The second-order valence-corrected chi connectivity index (χ2v) is 4.58. The molecule has 0 spiro atoms. The molecule has 0 amide bonds. The van der Waals surface area contributed by atoms with Crippen LogP contribution in [0.1, 0.15) is 17.2 Å². The summed E-state index contributed by atoms with van der Waals surface area (Å²) in [5.41, 5.74) is 1.27. The molecule has 6 heteroatoms. The van der Waals surface area contributed by atoms with E-state index in [0.29, 0.717) is 27.1 Å². The van der Waals surface area contributed by atoms with Gasteiger partial charge in [-0.3, -0.25) is 0 Å². The summed E-state index contributed by atoms with van der Waals surface area (Å²) in [6.07, 6.45) is 2.21. The van der Waals surface area contributed by atoms with Gasteiger partial charge in [-0.2, -0.15) is 10.2 Å². The van der Waals surface area contributed by atoms with Gasteiger partial charge in [-0.25, -0.2) is 0 Å². The Morgan fingerprint density at radius 3 is 2.53 bits per heavy atom. The van der Waals surface area contributed by atoms with Crippen LogP contribution in [0.15, 0.2) is 35.1 Å². The largest absolute Gasteiger partial charge is 0.495 e. The van der Waals surface area contributed by atoms with Crippen molar-refractivity contribution in [2.24, 2.45) is 0 Å². The van der Waals surface area contributed by atoms with Crippen LogP contribution >= 0.6 is 15.9 Å². The first-order chi connectivity index (χ1) is 9.19. The van der Waals surface area contributed by atoms with Gasteiger partial charge in [0.15, 0.2) is 0 Å². The zero-order chi connectivity index (χ0) is 13.8. The van der Waals surface area contributed by atoms with Gasteiger partial charge in [-0.1, -0.05) is 0 Å². The van der Waals surface area contributed by atoms with E-state index in [2.05, 4.69) is 26.1 Å².